The number of hydrogen-bond donors (Lipinski definition) is 5. The van der Waals surface area contributed by atoms with E-state index in [0.717, 1.165) is 25.0 Å². The third-order valence-corrected chi connectivity index (χ3v) is 4.73. The van der Waals surface area contributed by atoms with Crippen molar-refractivity contribution in [3.63, 3.8) is 0 Å². The molecule has 1 fully saturated rings. The summed E-state index contributed by atoms with van der Waals surface area (Å²) in [4.78, 5) is 15.3. The zero-order valence-corrected chi connectivity index (χ0v) is 18.0. The fourth-order valence-corrected chi connectivity index (χ4v) is 2.91. The van der Waals surface area contributed by atoms with Crippen LogP contribution in [0.2, 0.25) is 0 Å². The van der Waals surface area contributed by atoms with Gasteiger partial charge in [-0.3, -0.25) is 4.79 Å². The van der Waals surface area contributed by atoms with E-state index in [2.05, 4.69) is 22.6 Å². The third-order valence-electron chi connectivity index (χ3n) is 4.73. The minimum Gasteiger partial charge on any atom is -0.390 e. The molecule has 1 aromatic rings. The minimum atomic E-state index is -4.75. The number of aldehydes is 1. The van der Waals surface area contributed by atoms with Crippen LogP contribution in [0, 0.1) is 11.8 Å². The molecule has 1 atom stereocenters. The van der Waals surface area contributed by atoms with Gasteiger partial charge in [-0.1, -0.05) is 12.1 Å². The van der Waals surface area contributed by atoms with Gasteiger partial charge in [0.25, 0.3) is 0 Å². The molecule has 2 rings (SSSR count). The van der Waals surface area contributed by atoms with Crippen LogP contribution in [0.25, 0.3) is 0 Å². The molecule has 11 heteroatoms. The summed E-state index contributed by atoms with van der Waals surface area (Å²) in [6.07, 6.45) is -2.55. The number of nitrogens with two attached hydrogens (primary N) is 2. The Morgan fingerprint density at radius 1 is 1.28 bits per heavy atom. The number of rotatable bonds is 6. The Bertz CT molecular complexity index is 780. The van der Waals surface area contributed by atoms with Gasteiger partial charge < -0.3 is 27.0 Å². The molecule has 8 nitrogen and oxygen atoms in total. The summed E-state index contributed by atoms with van der Waals surface area (Å²) in [7, 11) is 1.50. The van der Waals surface area contributed by atoms with Crippen molar-refractivity contribution in [2.45, 2.75) is 56.5 Å². The number of halogens is 3. The molecule has 0 aromatic heterocycles. The highest BCUT2D eigenvalue weighted by molar-refractivity contribution is 6.13. The molecule has 0 saturated heterocycles. The minimum absolute atomic E-state index is 0.0885. The van der Waals surface area contributed by atoms with E-state index in [0.29, 0.717) is 19.1 Å². The number of aliphatic hydroxyl groups is 2. The Labute approximate surface area is 185 Å². The maximum atomic E-state index is 12.5. The number of benzene rings is 1. The SMILES string of the molecule is C#N.CC1(O)CCC(N/C=C(/C=O)C(N)=Nc2ccc(C(O)C(F)(F)F)cc2)CC1.CN. The highest BCUT2D eigenvalue weighted by atomic mass is 19.4. The largest absolute Gasteiger partial charge is 0.418 e. The highest BCUT2D eigenvalue weighted by Crippen LogP contribution is 2.33. The topological polar surface area (TPSA) is 158 Å². The summed E-state index contributed by atoms with van der Waals surface area (Å²) in [5.74, 6) is -0.0885. The Hall–Kier alpha value is -2.94. The number of carbonyl (C=O) groups excluding carboxylic acids is 1. The van der Waals surface area contributed by atoms with Gasteiger partial charge in [0.1, 0.15) is 5.84 Å². The molecule has 0 bridgehead atoms. The van der Waals surface area contributed by atoms with Crippen molar-refractivity contribution >= 4 is 17.8 Å². The lowest BCUT2D eigenvalue weighted by atomic mass is 9.84. The van der Waals surface area contributed by atoms with E-state index in [9.17, 15) is 28.2 Å². The van der Waals surface area contributed by atoms with E-state index in [1.807, 2.05) is 0 Å². The summed E-state index contributed by atoms with van der Waals surface area (Å²) >= 11 is 0. The van der Waals surface area contributed by atoms with Gasteiger partial charge in [-0.25, -0.2) is 10.3 Å². The van der Waals surface area contributed by atoms with Crippen LogP contribution in [0.4, 0.5) is 18.9 Å². The lowest BCUT2D eigenvalue weighted by Crippen LogP contribution is -2.38. The molecular weight excluding hydrogens is 427 g/mol. The molecule has 0 amide bonds. The van der Waals surface area contributed by atoms with E-state index < -0.39 is 17.9 Å². The highest BCUT2D eigenvalue weighted by Gasteiger charge is 2.39. The van der Waals surface area contributed by atoms with Crippen LogP contribution in [-0.4, -0.2) is 47.2 Å². The van der Waals surface area contributed by atoms with Gasteiger partial charge in [-0.15, -0.1) is 0 Å². The smallest absolute Gasteiger partial charge is 0.390 e. The van der Waals surface area contributed by atoms with E-state index in [-0.39, 0.29) is 28.7 Å². The standard InChI is InChI=1S/C19H24F3N3O3.CH5N.CHN/c1-18(28)8-6-14(7-9-18)24-10-13(11-26)17(23)25-15-4-2-12(3-5-15)16(27)19(20,21)22;2*1-2/h2-5,10-11,14,16,24,27-28H,6-9H2,1H3,(H2,23,25);2H2,1H3;1H/b13-10-;;. The number of aliphatic imine (C=N–C) groups is 1. The van der Waals surface area contributed by atoms with Gasteiger partial charge in [-0.05, 0) is 57.4 Å². The second kappa shape index (κ2) is 13.5. The quantitative estimate of drug-likeness (QED) is 0.190. The number of nitrogens with one attached hydrogen (secondary N) is 1. The Balaban J connectivity index is 0.00000227. The first-order valence-electron chi connectivity index (χ1n) is 9.68. The second-order valence-electron chi connectivity index (χ2n) is 7.19. The van der Waals surface area contributed by atoms with Crippen LogP contribution in [0.15, 0.2) is 41.0 Å². The maximum absolute atomic E-state index is 12.5. The van der Waals surface area contributed by atoms with Gasteiger partial charge in [0.05, 0.1) is 16.9 Å². The molecule has 1 aliphatic carbocycles. The number of alkyl halides is 3. The van der Waals surface area contributed by atoms with Crippen molar-refractivity contribution in [3.05, 3.63) is 41.6 Å². The fourth-order valence-electron chi connectivity index (χ4n) is 2.91. The van der Waals surface area contributed by atoms with Crippen molar-refractivity contribution in [2.24, 2.45) is 16.5 Å². The third kappa shape index (κ3) is 9.47. The summed E-state index contributed by atoms with van der Waals surface area (Å²) in [5.41, 5.74) is 9.70. The first-order chi connectivity index (χ1) is 15.0. The molecule has 1 saturated carbocycles. The number of carbonyl (C=O) groups is 1. The molecule has 1 aromatic carbocycles. The van der Waals surface area contributed by atoms with Gasteiger partial charge in [-0.2, -0.15) is 13.2 Å². The van der Waals surface area contributed by atoms with Crippen molar-refractivity contribution in [3.8, 4) is 6.57 Å². The number of nitriles is 1. The van der Waals surface area contributed by atoms with Crippen LogP contribution < -0.4 is 16.8 Å². The number of aliphatic hydroxyl groups excluding tert-OH is 1. The predicted molar refractivity (Wildman–Crippen MR) is 116 cm³/mol. The summed E-state index contributed by atoms with van der Waals surface area (Å²) in [5, 5.41) is 28.8. The Morgan fingerprint density at radius 3 is 2.22 bits per heavy atom. The first-order valence-corrected chi connectivity index (χ1v) is 9.68. The molecule has 1 aliphatic rings. The molecule has 0 heterocycles. The monoisotopic (exact) mass is 457 g/mol. The molecule has 0 radical (unpaired) electrons. The molecule has 0 aliphatic heterocycles. The van der Waals surface area contributed by atoms with Crippen LogP contribution in [0.3, 0.4) is 0 Å². The van der Waals surface area contributed by atoms with Crippen LogP contribution in [0.1, 0.15) is 44.3 Å². The molecule has 178 valence electrons. The average Bonchev–Trinajstić information content (AvgIpc) is 2.77. The lowest BCUT2D eigenvalue weighted by molar-refractivity contribution is -0.206. The van der Waals surface area contributed by atoms with Gasteiger partial charge in [0, 0.05) is 18.8 Å². The molecule has 7 N–H and O–H groups in total. The number of hydrogen-bond acceptors (Lipinski definition) is 7. The number of amidine groups is 1. The maximum Gasteiger partial charge on any atom is 0.418 e. The van der Waals surface area contributed by atoms with Crippen molar-refractivity contribution in [1.82, 2.24) is 5.32 Å². The van der Waals surface area contributed by atoms with Crippen LogP contribution in [0.5, 0.6) is 0 Å². The zero-order chi connectivity index (χ0) is 24.9. The van der Waals surface area contributed by atoms with Crippen LogP contribution in [-0.2, 0) is 4.79 Å². The first kappa shape index (κ1) is 29.1. The second-order valence-corrected chi connectivity index (χ2v) is 7.19. The van der Waals surface area contributed by atoms with E-state index in [4.69, 9.17) is 11.0 Å². The molecule has 1 unspecified atom stereocenters. The summed E-state index contributed by atoms with van der Waals surface area (Å²) in [6, 6.07) is 4.85. The predicted octanol–water partition coefficient (Wildman–Crippen LogP) is 2.35. The van der Waals surface area contributed by atoms with Gasteiger partial charge in [0.15, 0.2) is 12.4 Å². The summed E-state index contributed by atoms with van der Waals surface area (Å²) < 4.78 is 37.5. The Morgan fingerprint density at radius 2 is 1.78 bits per heavy atom. The molecular formula is C21H30F3N5O3. The number of nitrogens with zero attached hydrogens (tertiary/aromatic N) is 2. The lowest BCUT2D eigenvalue weighted by Gasteiger charge is -2.33. The zero-order valence-electron chi connectivity index (χ0n) is 18.0. The van der Waals surface area contributed by atoms with E-state index in [1.54, 1.807) is 6.92 Å². The molecule has 0 spiro atoms. The van der Waals surface area contributed by atoms with E-state index in [1.165, 1.54) is 25.4 Å². The Kier molecular flexibility index (Phi) is 12.2. The van der Waals surface area contributed by atoms with Gasteiger partial charge in [0.2, 0.25) is 0 Å². The van der Waals surface area contributed by atoms with Crippen LogP contribution >= 0.6 is 0 Å². The van der Waals surface area contributed by atoms with Crippen molar-refractivity contribution in [1.29, 1.82) is 5.26 Å². The fraction of sp³-hybridized carbons (Fsp3) is 0.476. The molecule has 32 heavy (non-hydrogen) atoms. The van der Waals surface area contributed by atoms with Gasteiger partial charge >= 0.3 is 6.18 Å². The summed E-state index contributed by atoms with van der Waals surface area (Å²) in [6.45, 7) is 5.29. The normalized spacial score (nSPS) is 22.4. The van der Waals surface area contributed by atoms with Crippen molar-refractivity contribution in [2.75, 3.05) is 7.05 Å². The average molecular weight is 457 g/mol. The van der Waals surface area contributed by atoms with Crippen molar-refractivity contribution < 1.29 is 28.2 Å². The van der Waals surface area contributed by atoms with E-state index >= 15 is 0 Å².